The molecule has 3 fully saturated rings. The van der Waals surface area contributed by atoms with Gasteiger partial charge in [-0.05, 0) is 90.9 Å². The monoisotopic (exact) mass is 780 g/mol. The van der Waals surface area contributed by atoms with Crippen LogP contribution in [0.3, 0.4) is 0 Å². The predicted octanol–water partition coefficient (Wildman–Crippen LogP) is 7.13. The standard InChI is InChI=1S/C41H37ClN4O6S2/c1-21-28-17-23(42)8-13-32(28)54-36(21)31-19-33(44(3)43-31)46-38(49)30-18-29-26(11-12-27-34(29)39(50)45(37(27)48)20-25-5-4-16-53-25)35(41(30,2)40(46)51)22-6-9-24(10-7-22)52-15-14-47/h4-11,13,16-17,19,27,29-30,34-35,47H,12,14-15,18,20H2,1-3H3/t27-,29+,30-,34-,35-,41+/m0/s1. The molecule has 2 aliphatic carbocycles. The summed E-state index contributed by atoms with van der Waals surface area (Å²) in [6.45, 7) is 4.13. The number of carbonyl (C=O) groups is 4. The van der Waals surface area contributed by atoms with E-state index in [9.17, 15) is 19.5 Å². The van der Waals surface area contributed by atoms with Crippen molar-refractivity contribution in [3.63, 3.8) is 0 Å². The number of allylic oxidation sites excluding steroid dienone is 2. The van der Waals surface area contributed by atoms with Gasteiger partial charge in [0, 0.05) is 33.6 Å². The Hall–Kier alpha value is -4.62. The van der Waals surface area contributed by atoms with Crippen LogP contribution in [0.25, 0.3) is 20.7 Å². The van der Waals surface area contributed by atoms with Gasteiger partial charge in [-0.1, -0.05) is 41.4 Å². The second-order valence-electron chi connectivity index (χ2n) is 14.9. The smallest absolute Gasteiger partial charge is 0.242 e. The minimum absolute atomic E-state index is 0.128. The van der Waals surface area contributed by atoms with Gasteiger partial charge < -0.3 is 9.84 Å². The molecule has 54 heavy (non-hydrogen) atoms. The number of nitrogens with zero attached hydrogens (tertiary/aromatic N) is 4. The van der Waals surface area contributed by atoms with Crippen LogP contribution in [0.15, 0.2) is 77.7 Å². The van der Waals surface area contributed by atoms with Crippen LogP contribution >= 0.6 is 34.3 Å². The van der Waals surface area contributed by atoms with E-state index in [0.29, 0.717) is 28.7 Å². The Kier molecular flexibility index (Phi) is 8.46. The number of ether oxygens (including phenoxy) is 1. The van der Waals surface area contributed by atoms with E-state index in [1.54, 1.807) is 35.2 Å². The number of hydrogen-bond donors (Lipinski definition) is 1. The van der Waals surface area contributed by atoms with Gasteiger partial charge in [-0.2, -0.15) is 5.10 Å². The van der Waals surface area contributed by atoms with Crippen LogP contribution in [0.5, 0.6) is 5.75 Å². The fourth-order valence-electron chi connectivity index (χ4n) is 9.53. The third kappa shape index (κ3) is 5.17. The Balaban J connectivity index is 1.13. The van der Waals surface area contributed by atoms with Crippen molar-refractivity contribution in [2.75, 3.05) is 18.1 Å². The van der Waals surface area contributed by atoms with Crippen molar-refractivity contribution in [2.24, 2.45) is 36.1 Å². The Labute approximate surface area is 324 Å². The summed E-state index contributed by atoms with van der Waals surface area (Å²) in [6.07, 6.45) is 2.71. The summed E-state index contributed by atoms with van der Waals surface area (Å²) < 4.78 is 8.31. The Morgan fingerprint density at radius 1 is 1.02 bits per heavy atom. The number of aliphatic hydroxyl groups is 1. The van der Waals surface area contributed by atoms with Crippen molar-refractivity contribution in [1.29, 1.82) is 0 Å². The fourth-order valence-corrected chi connectivity index (χ4v) is 11.5. The SMILES string of the molecule is Cc1c(-c2cc(N3C(=O)[C@@H]4C[C@@H]5C(=CC[C@@H]6C(=O)N(Cc7cccs7)C(=O)[C@@H]65)[C@H](c5ccc(OCCO)cc5)[C@]4(C)C3=O)n(C)n2)sc2ccc(Cl)cc12. The minimum Gasteiger partial charge on any atom is -0.491 e. The first-order valence-electron chi connectivity index (χ1n) is 18.0. The van der Waals surface area contributed by atoms with Crippen molar-refractivity contribution in [3.8, 4) is 16.3 Å². The number of aryl methyl sites for hydroxylation is 2. The first-order valence-corrected chi connectivity index (χ1v) is 20.1. The summed E-state index contributed by atoms with van der Waals surface area (Å²) in [5, 5.41) is 17.7. The molecule has 13 heteroatoms. The second kappa shape index (κ2) is 13.0. The van der Waals surface area contributed by atoms with Gasteiger partial charge in [0.05, 0.1) is 41.2 Å². The van der Waals surface area contributed by atoms with Gasteiger partial charge in [0.15, 0.2) is 0 Å². The third-order valence-corrected chi connectivity index (χ3v) is 14.4. The van der Waals surface area contributed by atoms with Crippen molar-refractivity contribution >= 4 is 73.8 Å². The minimum atomic E-state index is -1.20. The molecule has 3 aromatic heterocycles. The average molecular weight is 781 g/mol. The molecule has 5 heterocycles. The number of halogens is 1. The van der Waals surface area contributed by atoms with Gasteiger partial charge >= 0.3 is 0 Å². The largest absolute Gasteiger partial charge is 0.491 e. The Morgan fingerprint density at radius 3 is 2.56 bits per heavy atom. The average Bonchev–Trinajstić information content (AvgIpc) is 3.97. The summed E-state index contributed by atoms with van der Waals surface area (Å²) in [6, 6.07) is 18.8. The van der Waals surface area contributed by atoms with E-state index in [-0.39, 0.29) is 49.8 Å². The highest BCUT2D eigenvalue weighted by Gasteiger charge is 2.68. The fraction of sp³-hybridized carbons (Fsp3) is 0.341. The number of thiophene rings is 2. The molecule has 0 spiro atoms. The molecule has 0 bridgehead atoms. The normalized spacial score (nSPS) is 26.4. The highest BCUT2D eigenvalue weighted by molar-refractivity contribution is 7.22. The van der Waals surface area contributed by atoms with E-state index in [1.165, 1.54) is 21.1 Å². The number of benzene rings is 2. The predicted molar refractivity (Wildman–Crippen MR) is 207 cm³/mol. The maximum atomic E-state index is 15.1. The number of rotatable bonds is 8. The maximum Gasteiger partial charge on any atom is 0.242 e. The number of aliphatic hydroxyl groups excluding tert-OH is 1. The lowest BCUT2D eigenvalue weighted by Gasteiger charge is -2.49. The summed E-state index contributed by atoms with van der Waals surface area (Å²) >= 11 is 9.41. The van der Waals surface area contributed by atoms with Crippen molar-refractivity contribution in [1.82, 2.24) is 14.7 Å². The first-order chi connectivity index (χ1) is 26.0. The number of hydrogen-bond acceptors (Lipinski definition) is 9. The Morgan fingerprint density at radius 2 is 1.81 bits per heavy atom. The second-order valence-corrected chi connectivity index (χ2v) is 17.4. The number of imide groups is 2. The molecule has 6 atom stereocenters. The topological polar surface area (TPSA) is 122 Å². The number of amides is 4. The molecule has 10 nitrogen and oxygen atoms in total. The molecular weight excluding hydrogens is 744 g/mol. The summed E-state index contributed by atoms with van der Waals surface area (Å²) in [4.78, 5) is 62.6. The molecule has 4 amide bonds. The van der Waals surface area contributed by atoms with Crippen LogP contribution in [0.1, 0.15) is 41.7 Å². The van der Waals surface area contributed by atoms with Crippen molar-refractivity contribution in [2.45, 2.75) is 39.2 Å². The number of carbonyl (C=O) groups excluding carboxylic acids is 4. The van der Waals surface area contributed by atoms with E-state index in [1.807, 2.05) is 67.8 Å². The van der Waals surface area contributed by atoms with Crippen LogP contribution in [0.2, 0.25) is 5.02 Å². The zero-order valence-corrected chi connectivity index (χ0v) is 32.2. The maximum absolute atomic E-state index is 15.1. The summed E-state index contributed by atoms with van der Waals surface area (Å²) in [5.74, 6) is -2.98. The zero-order valence-electron chi connectivity index (χ0n) is 29.8. The molecule has 1 saturated carbocycles. The first kappa shape index (κ1) is 35.1. The van der Waals surface area contributed by atoms with E-state index in [2.05, 4.69) is 6.08 Å². The molecule has 0 radical (unpaired) electrons. The van der Waals surface area contributed by atoms with Crippen molar-refractivity contribution in [3.05, 3.63) is 98.7 Å². The lowest BCUT2D eigenvalue weighted by atomic mass is 9.51. The van der Waals surface area contributed by atoms with Gasteiger partial charge in [-0.15, -0.1) is 22.7 Å². The van der Waals surface area contributed by atoms with Gasteiger partial charge in [0.25, 0.3) is 0 Å². The molecule has 2 aliphatic heterocycles. The molecule has 5 aromatic rings. The molecule has 2 saturated heterocycles. The van der Waals surface area contributed by atoms with E-state index >= 15 is 4.79 Å². The van der Waals surface area contributed by atoms with Crippen LogP contribution < -0.4 is 9.64 Å². The van der Waals surface area contributed by atoms with Crippen LogP contribution in [-0.2, 0) is 32.8 Å². The van der Waals surface area contributed by atoms with Gasteiger partial charge in [-0.25, -0.2) is 4.90 Å². The third-order valence-electron chi connectivity index (χ3n) is 12.0. The van der Waals surface area contributed by atoms with E-state index in [0.717, 1.165) is 36.5 Å². The van der Waals surface area contributed by atoms with Crippen LogP contribution in [0.4, 0.5) is 5.82 Å². The number of likely N-dealkylation sites (tertiary alicyclic amines) is 1. The van der Waals surface area contributed by atoms with E-state index in [4.69, 9.17) is 21.4 Å². The summed E-state index contributed by atoms with van der Waals surface area (Å²) in [7, 11) is 1.74. The molecule has 2 aromatic carbocycles. The highest BCUT2D eigenvalue weighted by Crippen LogP contribution is 2.63. The van der Waals surface area contributed by atoms with Crippen molar-refractivity contribution < 1.29 is 29.0 Å². The quantitative estimate of drug-likeness (QED) is 0.131. The molecule has 276 valence electrons. The lowest BCUT2D eigenvalue weighted by Crippen LogP contribution is -2.48. The Bertz CT molecular complexity index is 2400. The highest BCUT2D eigenvalue weighted by atomic mass is 35.5. The zero-order chi connectivity index (χ0) is 37.6. The van der Waals surface area contributed by atoms with E-state index < -0.39 is 35.0 Å². The lowest BCUT2D eigenvalue weighted by molar-refractivity contribution is -0.141. The van der Waals surface area contributed by atoms with Gasteiger partial charge in [0.1, 0.15) is 23.9 Å². The summed E-state index contributed by atoms with van der Waals surface area (Å²) in [5.41, 5.74) is 2.21. The molecule has 9 rings (SSSR count). The van der Waals surface area contributed by atoms with Crippen LogP contribution in [-0.4, -0.2) is 56.6 Å². The molecule has 4 aliphatic rings. The van der Waals surface area contributed by atoms with Gasteiger partial charge in [-0.3, -0.25) is 28.8 Å². The number of anilines is 1. The molecule has 1 N–H and O–H groups in total. The molecule has 0 unspecified atom stereocenters. The van der Waals surface area contributed by atoms with Gasteiger partial charge in [0.2, 0.25) is 23.6 Å². The van der Waals surface area contributed by atoms with Crippen LogP contribution in [0, 0.1) is 36.0 Å². The number of fused-ring (bicyclic) bond motifs is 5. The molecular formula is C41H37ClN4O6S2. The number of aromatic nitrogens is 2.